The van der Waals surface area contributed by atoms with Gasteiger partial charge < -0.3 is 4.90 Å². The van der Waals surface area contributed by atoms with Crippen LogP contribution in [0.2, 0.25) is 0 Å². The van der Waals surface area contributed by atoms with Crippen molar-refractivity contribution in [2.75, 3.05) is 12.3 Å². The summed E-state index contributed by atoms with van der Waals surface area (Å²) in [6.45, 7) is 3.09. The first-order valence-electron chi connectivity index (χ1n) is 8.60. The van der Waals surface area contributed by atoms with Gasteiger partial charge in [0.15, 0.2) is 0 Å². The number of aromatic nitrogens is 2. The molecule has 2 aliphatic rings. The van der Waals surface area contributed by atoms with Gasteiger partial charge in [0.2, 0.25) is 5.91 Å². The first kappa shape index (κ1) is 15.8. The molecule has 1 aliphatic carbocycles. The normalized spacial score (nSPS) is 29.5. The summed E-state index contributed by atoms with van der Waals surface area (Å²) < 4.78 is 1.82. The topological polar surface area (TPSA) is 38.1 Å². The minimum absolute atomic E-state index is 0.135. The molecule has 24 heavy (non-hydrogen) atoms. The average Bonchev–Trinajstić information content (AvgIpc) is 3.28. The molecule has 2 fully saturated rings. The third-order valence-electron chi connectivity index (χ3n) is 5.18. The van der Waals surface area contributed by atoms with Crippen molar-refractivity contribution in [1.82, 2.24) is 14.7 Å². The molecular formula is C19H23N3OS. The number of hydrogen-bond acceptors (Lipinski definition) is 3. The third kappa shape index (κ3) is 2.86. The maximum absolute atomic E-state index is 13.2. The highest BCUT2D eigenvalue weighted by atomic mass is 32.2. The number of carbonyl (C=O) groups is 1. The zero-order valence-electron chi connectivity index (χ0n) is 14.1. The lowest BCUT2D eigenvalue weighted by Gasteiger charge is -2.40. The summed E-state index contributed by atoms with van der Waals surface area (Å²) >= 11 is 1.97. The number of aryl methyl sites for hydroxylation is 1. The van der Waals surface area contributed by atoms with E-state index in [0.29, 0.717) is 17.1 Å². The van der Waals surface area contributed by atoms with Crippen LogP contribution in [0.5, 0.6) is 0 Å². The summed E-state index contributed by atoms with van der Waals surface area (Å²) in [5.74, 6) is 1.84. The Hall–Kier alpha value is -1.75. The monoisotopic (exact) mass is 341 g/mol. The van der Waals surface area contributed by atoms with Crippen LogP contribution in [0, 0.1) is 5.92 Å². The fourth-order valence-electron chi connectivity index (χ4n) is 3.85. The highest BCUT2D eigenvalue weighted by Gasteiger charge is 2.48. The summed E-state index contributed by atoms with van der Waals surface area (Å²) in [5.41, 5.74) is 2.45. The molecule has 126 valence electrons. The lowest BCUT2D eigenvalue weighted by atomic mass is 10.0. The van der Waals surface area contributed by atoms with Gasteiger partial charge in [-0.3, -0.25) is 9.48 Å². The molecule has 4 atom stereocenters. The fourth-order valence-corrected chi connectivity index (χ4v) is 5.01. The van der Waals surface area contributed by atoms with E-state index in [0.717, 1.165) is 18.7 Å². The van der Waals surface area contributed by atoms with E-state index in [2.05, 4.69) is 41.2 Å². The number of carbonyl (C=O) groups excluding carboxylic acids is 1. The summed E-state index contributed by atoms with van der Waals surface area (Å²) in [6, 6.07) is 10.7. The molecule has 0 N–H and O–H groups in total. The predicted octanol–water partition coefficient (Wildman–Crippen LogP) is 3.23. The number of amides is 1. The van der Waals surface area contributed by atoms with Crippen LogP contribution in [-0.2, 0) is 11.8 Å². The molecule has 1 saturated heterocycles. The van der Waals surface area contributed by atoms with Crippen LogP contribution in [0.3, 0.4) is 0 Å². The molecule has 4 nitrogen and oxygen atoms in total. The Labute approximate surface area is 147 Å². The van der Waals surface area contributed by atoms with Crippen LogP contribution >= 0.6 is 11.8 Å². The summed E-state index contributed by atoms with van der Waals surface area (Å²) in [5, 5.41) is 4.68. The maximum Gasteiger partial charge on any atom is 0.226 e. The molecule has 0 spiro atoms. The molecule has 1 amide bonds. The van der Waals surface area contributed by atoms with Gasteiger partial charge >= 0.3 is 0 Å². The van der Waals surface area contributed by atoms with Crippen molar-refractivity contribution >= 4 is 17.7 Å². The number of nitrogens with zero attached hydrogens (tertiary/aromatic N) is 3. The van der Waals surface area contributed by atoms with E-state index in [4.69, 9.17) is 0 Å². The van der Waals surface area contributed by atoms with Gasteiger partial charge in [0.25, 0.3) is 0 Å². The third-order valence-corrected chi connectivity index (χ3v) is 6.38. The Morgan fingerprint density at radius 1 is 1.25 bits per heavy atom. The first-order valence-corrected chi connectivity index (χ1v) is 9.65. The summed E-state index contributed by atoms with van der Waals surface area (Å²) in [7, 11) is 1.93. The Morgan fingerprint density at radius 2 is 2.04 bits per heavy atom. The van der Waals surface area contributed by atoms with Crippen LogP contribution < -0.4 is 0 Å². The van der Waals surface area contributed by atoms with E-state index < -0.39 is 0 Å². The molecule has 0 unspecified atom stereocenters. The first-order chi connectivity index (χ1) is 11.6. The second-order valence-corrected chi connectivity index (χ2v) is 8.34. The number of thioether (sulfide) groups is 1. The van der Waals surface area contributed by atoms with Gasteiger partial charge in [-0.15, -0.1) is 0 Å². The van der Waals surface area contributed by atoms with E-state index in [1.807, 2.05) is 42.0 Å². The molecule has 0 radical (unpaired) electrons. The van der Waals surface area contributed by atoms with Gasteiger partial charge in [-0.25, -0.2) is 0 Å². The molecule has 5 heteroatoms. The molecule has 4 rings (SSSR count). The Balaban J connectivity index is 1.54. The van der Waals surface area contributed by atoms with E-state index in [1.165, 1.54) is 11.1 Å². The van der Waals surface area contributed by atoms with Gasteiger partial charge in [0.05, 0.1) is 12.2 Å². The number of rotatable bonds is 3. The lowest BCUT2D eigenvalue weighted by Crippen LogP contribution is -2.44. The summed E-state index contributed by atoms with van der Waals surface area (Å²) in [4.78, 5) is 15.3. The standard InChI is InChI=1S/C19H23N3OS/c1-13-18(14-6-4-3-5-7-14)22(8-9-24-13)19(23)17-10-16(17)15-11-20-21(2)12-15/h3-7,11-13,16-18H,8-10H2,1-2H3/t13-,16-,17+,18+/m0/s1. The highest BCUT2D eigenvalue weighted by Crippen LogP contribution is 2.50. The van der Waals surface area contributed by atoms with Crippen molar-refractivity contribution in [3.05, 3.63) is 53.9 Å². The van der Waals surface area contributed by atoms with Crippen LogP contribution in [0.1, 0.15) is 36.4 Å². The second kappa shape index (κ2) is 6.28. The van der Waals surface area contributed by atoms with Gasteiger partial charge in [-0.2, -0.15) is 16.9 Å². The Morgan fingerprint density at radius 3 is 2.75 bits per heavy atom. The van der Waals surface area contributed by atoms with Crippen LogP contribution in [0.4, 0.5) is 0 Å². The van der Waals surface area contributed by atoms with Gasteiger partial charge in [0, 0.05) is 36.7 Å². The quantitative estimate of drug-likeness (QED) is 0.860. The molecule has 2 aromatic rings. The SMILES string of the molecule is C[C@@H]1SCCN(C(=O)[C@@H]2C[C@H]2c2cnn(C)c2)[C@H]1c1ccccc1. The van der Waals surface area contributed by atoms with Crippen LogP contribution in [-0.4, -0.2) is 38.1 Å². The molecule has 0 bridgehead atoms. The zero-order valence-corrected chi connectivity index (χ0v) is 14.9. The molecule has 2 heterocycles. The average molecular weight is 341 g/mol. The molecular weight excluding hydrogens is 318 g/mol. The van der Waals surface area contributed by atoms with E-state index in [1.54, 1.807) is 0 Å². The fraction of sp³-hybridized carbons (Fsp3) is 0.474. The van der Waals surface area contributed by atoms with E-state index in [9.17, 15) is 4.79 Å². The number of hydrogen-bond donors (Lipinski definition) is 0. The smallest absolute Gasteiger partial charge is 0.226 e. The van der Waals surface area contributed by atoms with Crippen molar-refractivity contribution in [2.45, 2.75) is 30.6 Å². The lowest BCUT2D eigenvalue weighted by molar-refractivity contribution is -0.135. The Kier molecular flexibility index (Phi) is 4.12. The highest BCUT2D eigenvalue weighted by molar-refractivity contribution is 8.00. The Bertz CT molecular complexity index is 729. The van der Waals surface area contributed by atoms with Gasteiger partial charge in [0.1, 0.15) is 0 Å². The molecule has 1 aromatic carbocycles. The zero-order chi connectivity index (χ0) is 16.7. The molecule has 1 aliphatic heterocycles. The molecule has 1 aromatic heterocycles. The maximum atomic E-state index is 13.2. The molecule has 1 saturated carbocycles. The van der Waals surface area contributed by atoms with E-state index in [-0.39, 0.29) is 12.0 Å². The van der Waals surface area contributed by atoms with Crippen molar-refractivity contribution in [1.29, 1.82) is 0 Å². The second-order valence-electron chi connectivity index (χ2n) is 6.86. The van der Waals surface area contributed by atoms with Crippen molar-refractivity contribution in [3.63, 3.8) is 0 Å². The van der Waals surface area contributed by atoms with Gasteiger partial charge in [-0.1, -0.05) is 37.3 Å². The van der Waals surface area contributed by atoms with E-state index >= 15 is 0 Å². The van der Waals surface area contributed by atoms with Crippen molar-refractivity contribution < 1.29 is 4.79 Å². The van der Waals surface area contributed by atoms with Crippen LogP contribution in [0.15, 0.2) is 42.7 Å². The summed E-state index contributed by atoms with van der Waals surface area (Å²) in [6.07, 6.45) is 4.91. The largest absolute Gasteiger partial charge is 0.333 e. The van der Waals surface area contributed by atoms with Crippen molar-refractivity contribution in [3.8, 4) is 0 Å². The van der Waals surface area contributed by atoms with Crippen molar-refractivity contribution in [2.24, 2.45) is 13.0 Å². The minimum atomic E-state index is 0.135. The predicted molar refractivity (Wildman–Crippen MR) is 96.9 cm³/mol. The number of benzene rings is 1. The van der Waals surface area contributed by atoms with Crippen LogP contribution in [0.25, 0.3) is 0 Å². The van der Waals surface area contributed by atoms with Gasteiger partial charge in [-0.05, 0) is 23.5 Å². The minimum Gasteiger partial charge on any atom is -0.333 e.